The van der Waals surface area contributed by atoms with Gasteiger partial charge in [0.2, 0.25) is 5.95 Å². The van der Waals surface area contributed by atoms with E-state index in [0.717, 1.165) is 31.0 Å². The van der Waals surface area contributed by atoms with E-state index in [2.05, 4.69) is 32.4 Å². The smallest absolute Gasteiger partial charge is 0.223 e. The van der Waals surface area contributed by atoms with Gasteiger partial charge >= 0.3 is 0 Å². The first-order valence-electron chi connectivity index (χ1n) is 7.71. The predicted molar refractivity (Wildman–Crippen MR) is 89.8 cm³/mol. The Morgan fingerprint density at radius 3 is 2.87 bits per heavy atom. The predicted octanol–water partition coefficient (Wildman–Crippen LogP) is 1.61. The molecule has 0 aliphatic carbocycles. The van der Waals surface area contributed by atoms with Crippen molar-refractivity contribution >= 4 is 17.6 Å². The average Bonchev–Trinajstić information content (AvgIpc) is 2.54. The van der Waals surface area contributed by atoms with Crippen molar-refractivity contribution in [1.29, 1.82) is 0 Å². The fourth-order valence-electron chi connectivity index (χ4n) is 2.64. The summed E-state index contributed by atoms with van der Waals surface area (Å²) < 4.78 is 12.9. The van der Waals surface area contributed by atoms with Crippen LogP contribution in [0.2, 0.25) is 0 Å². The van der Waals surface area contributed by atoms with E-state index < -0.39 is 0 Å². The minimum Gasteiger partial charge on any atom is -0.368 e. The lowest BCUT2D eigenvalue weighted by Gasteiger charge is -2.32. The number of piperazine rings is 1. The second-order valence-corrected chi connectivity index (χ2v) is 5.75. The third-order valence-corrected chi connectivity index (χ3v) is 3.81. The van der Waals surface area contributed by atoms with Gasteiger partial charge in [-0.15, -0.1) is 0 Å². The third kappa shape index (κ3) is 4.07. The van der Waals surface area contributed by atoms with E-state index in [1.165, 1.54) is 12.1 Å². The van der Waals surface area contributed by atoms with Crippen LogP contribution in [0.15, 0.2) is 30.3 Å². The molecule has 6 nitrogen and oxygen atoms in total. The van der Waals surface area contributed by atoms with Crippen molar-refractivity contribution in [2.24, 2.45) is 0 Å². The number of nitrogens with one attached hydrogen (secondary N) is 2. The van der Waals surface area contributed by atoms with Crippen LogP contribution in [0.3, 0.4) is 0 Å². The van der Waals surface area contributed by atoms with Crippen molar-refractivity contribution < 1.29 is 4.39 Å². The number of hydrogen-bond acceptors (Lipinski definition) is 6. The van der Waals surface area contributed by atoms with E-state index in [-0.39, 0.29) is 11.8 Å². The van der Waals surface area contributed by atoms with Gasteiger partial charge in [0.25, 0.3) is 0 Å². The van der Waals surface area contributed by atoms with Gasteiger partial charge < -0.3 is 21.3 Å². The topological polar surface area (TPSA) is 79.1 Å². The molecule has 0 radical (unpaired) electrons. The summed E-state index contributed by atoms with van der Waals surface area (Å²) in [5.74, 6) is 1.50. The maximum Gasteiger partial charge on any atom is 0.223 e. The maximum atomic E-state index is 12.9. The fraction of sp³-hybridized carbons (Fsp3) is 0.375. The SMILES string of the molecule is C[C@H]1CN(c2cc(NCc3ccc(F)cc3)nc(N)n2)CCN1. The molecule has 2 aromatic rings. The summed E-state index contributed by atoms with van der Waals surface area (Å²) in [4.78, 5) is 10.7. The number of halogens is 1. The van der Waals surface area contributed by atoms with Gasteiger partial charge in [0.15, 0.2) is 0 Å². The lowest BCUT2D eigenvalue weighted by molar-refractivity contribution is 0.482. The molecule has 1 aliphatic rings. The van der Waals surface area contributed by atoms with Gasteiger partial charge in [0.05, 0.1) is 0 Å². The van der Waals surface area contributed by atoms with Crippen LogP contribution in [0.1, 0.15) is 12.5 Å². The van der Waals surface area contributed by atoms with Crippen LogP contribution in [0.4, 0.5) is 22.0 Å². The summed E-state index contributed by atoms with van der Waals surface area (Å²) in [5.41, 5.74) is 6.81. The van der Waals surface area contributed by atoms with Gasteiger partial charge in [-0.05, 0) is 24.6 Å². The lowest BCUT2D eigenvalue weighted by Crippen LogP contribution is -2.49. The Kier molecular flexibility index (Phi) is 4.57. The molecule has 0 spiro atoms. The molecule has 1 aromatic carbocycles. The molecule has 0 amide bonds. The van der Waals surface area contributed by atoms with Crippen molar-refractivity contribution in [2.45, 2.75) is 19.5 Å². The highest BCUT2D eigenvalue weighted by Gasteiger charge is 2.18. The first kappa shape index (κ1) is 15.5. The number of hydrogen-bond donors (Lipinski definition) is 3. The Morgan fingerprint density at radius 2 is 2.13 bits per heavy atom. The zero-order chi connectivity index (χ0) is 16.2. The second kappa shape index (κ2) is 6.78. The third-order valence-electron chi connectivity index (χ3n) is 3.81. The molecule has 23 heavy (non-hydrogen) atoms. The minimum absolute atomic E-state index is 0.241. The zero-order valence-corrected chi connectivity index (χ0v) is 13.1. The molecule has 1 aliphatic heterocycles. The number of nitrogens with zero attached hydrogens (tertiary/aromatic N) is 3. The molecular formula is C16H21FN6. The Hall–Kier alpha value is -2.41. The van der Waals surface area contributed by atoms with Crippen LogP contribution >= 0.6 is 0 Å². The molecule has 1 atom stereocenters. The van der Waals surface area contributed by atoms with Gasteiger partial charge in [0, 0.05) is 38.3 Å². The molecule has 1 aromatic heterocycles. The van der Waals surface area contributed by atoms with Gasteiger partial charge in [-0.2, -0.15) is 9.97 Å². The van der Waals surface area contributed by atoms with E-state index in [1.807, 2.05) is 6.07 Å². The highest BCUT2D eigenvalue weighted by Crippen LogP contribution is 2.19. The van der Waals surface area contributed by atoms with Gasteiger partial charge in [0.1, 0.15) is 17.5 Å². The number of nitrogen functional groups attached to an aromatic ring is 1. The fourth-order valence-corrected chi connectivity index (χ4v) is 2.64. The molecule has 0 unspecified atom stereocenters. The Balaban J connectivity index is 1.71. The van der Waals surface area contributed by atoms with E-state index >= 15 is 0 Å². The largest absolute Gasteiger partial charge is 0.368 e. The minimum atomic E-state index is -0.241. The van der Waals surface area contributed by atoms with E-state index in [0.29, 0.717) is 18.4 Å². The molecule has 122 valence electrons. The first-order chi connectivity index (χ1) is 11.1. The highest BCUT2D eigenvalue weighted by molar-refractivity contribution is 5.53. The Morgan fingerprint density at radius 1 is 1.35 bits per heavy atom. The number of benzene rings is 1. The Bertz CT molecular complexity index is 660. The Labute approximate surface area is 134 Å². The van der Waals surface area contributed by atoms with Crippen LogP contribution in [-0.4, -0.2) is 35.6 Å². The molecule has 1 saturated heterocycles. The molecule has 1 fully saturated rings. The number of anilines is 3. The molecule has 4 N–H and O–H groups in total. The zero-order valence-electron chi connectivity index (χ0n) is 13.1. The molecular weight excluding hydrogens is 295 g/mol. The number of rotatable bonds is 4. The van der Waals surface area contributed by atoms with Crippen LogP contribution in [-0.2, 0) is 6.54 Å². The highest BCUT2D eigenvalue weighted by atomic mass is 19.1. The second-order valence-electron chi connectivity index (χ2n) is 5.75. The summed E-state index contributed by atoms with van der Waals surface area (Å²) in [6.07, 6.45) is 0. The van der Waals surface area contributed by atoms with Crippen LogP contribution in [0, 0.1) is 5.82 Å². The van der Waals surface area contributed by atoms with E-state index in [9.17, 15) is 4.39 Å². The molecule has 0 bridgehead atoms. The average molecular weight is 316 g/mol. The van der Waals surface area contributed by atoms with Crippen molar-refractivity contribution in [1.82, 2.24) is 15.3 Å². The van der Waals surface area contributed by atoms with Crippen LogP contribution < -0.4 is 21.3 Å². The quantitative estimate of drug-likeness (QED) is 0.795. The molecule has 2 heterocycles. The first-order valence-corrected chi connectivity index (χ1v) is 7.71. The van der Waals surface area contributed by atoms with Crippen molar-refractivity contribution in [2.75, 3.05) is 35.6 Å². The summed E-state index contributed by atoms with van der Waals surface area (Å²) in [7, 11) is 0. The normalized spacial score (nSPS) is 18.0. The maximum absolute atomic E-state index is 12.9. The van der Waals surface area contributed by atoms with Gasteiger partial charge in [-0.25, -0.2) is 4.39 Å². The monoisotopic (exact) mass is 316 g/mol. The van der Waals surface area contributed by atoms with Crippen molar-refractivity contribution in [3.63, 3.8) is 0 Å². The van der Waals surface area contributed by atoms with E-state index in [1.54, 1.807) is 12.1 Å². The molecule has 3 rings (SSSR count). The summed E-state index contributed by atoms with van der Waals surface area (Å²) in [5, 5.41) is 6.62. The van der Waals surface area contributed by atoms with Gasteiger partial charge in [-0.1, -0.05) is 12.1 Å². The lowest BCUT2D eigenvalue weighted by atomic mass is 10.2. The van der Waals surface area contributed by atoms with Crippen LogP contribution in [0.25, 0.3) is 0 Å². The van der Waals surface area contributed by atoms with Gasteiger partial charge in [-0.3, -0.25) is 0 Å². The summed E-state index contributed by atoms with van der Waals surface area (Å²) >= 11 is 0. The standard InChI is InChI=1S/C16H21FN6/c1-11-10-23(7-6-19-11)15-8-14(21-16(18)22-15)20-9-12-2-4-13(17)5-3-12/h2-5,8,11,19H,6-7,9-10H2,1H3,(H3,18,20,21,22)/t11-/m0/s1. The summed E-state index contributed by atoms with van der Waals surface area (Å²) in [6, 6.07) is 8.68. The molecule has 0 saturated carbocycles. The van der Waals surface area contributed by atoms with Crippen molar-refractivity contribution in [3.8, 4) is 0 Å². The summed E-state index contributed by atoms with van der Waals surface area (Å²) in [6.45, 7) is 5.38. The molecule has 7 heteroatoms. The number of nitrogens with two attached hydrogens (primary N) is 1. The van der Waals surface area contributed by atoms with Crippen LogP contribution in [0.5, 0.6) is 0 Å². The van der Waals surface area contributed by atoms with Crippen molar-refractivity contribution in [3.05, 3.63) is 41.7 Å². The van der Waals surface area contributed by atoms with E-state index in [4.69, 9.17) is 5.73 Å². The number of aromatic nitrogens is 2.